The minimum Gasteiger partial charge on any atom is -0.342 e. The van der Waals surface area contributed by atoms with Crippen LogP contribution in [0.5, 0.6) is 0 Å². The molecule has 21 heavy (non-hydrogen) atoms. The maximum absolute atomic E-state index is 12.8. The number of thioether (sulfide) groups is 1. The van der Waals surface area contributed by atoms with Gasteiger partial charge in [0, 0.05) is 6.04 Å². The fourth-order valence-corrected chi connectivity index (χ4v) is 3.61. The summed E-state index contributed by atoms with van der Waals surface area (Å²) in [5.41, 5.74) is 0. The van der Waals surface area contributed by atoms with Crippen molar-refractivity contribution < 1.29 is 9.59 Å². The third-order valence-corrected chi connectivity index (χ3v) is 5.35. The number of amides is 2. The van der Waals surface area contributed by atoms with Gasteiger partial charge in [0.15, 0.2) is 0 Å². The Hall–Kier alpha value is -0.710. The summed E-state index contributed by atoms with van der Waals surface area (Å²) in [6.45, 7) is 10.3. The highest BCUT2D eigenvalue weighted by molar-refractivity contribution is 7.99. The first-order valence-electron chi connectivity index (χ1n) is 8.18. The van der Waals surface area contributed by atoms with Crippen LogP contribution < -0.4 is 5.32 Å². The van der Waals surface area contributed by atoms with Gasteiger partial charge in [0.05, 0.1) is 0 Å². The van der Waals surface area contributed by atoms with E-state index in [4.69, 9.17) is 0 Å². The maximum atomic E-state index is 12.8. The smallest absolute Gasteiger partial charge is 0.246 e. The summed E-state index contributed by atoms with van der Waals surface area (Å²) in [7, 11) is 0. The number of hydrogen-bond acceptors (Lipinski definition) is 3. The standard InChI is InChI=1S/C16H30N2O2S/c1-6-11(4)14-16(20)18(12(5)9-10-21-8-3)13(7-2)15(19)17-14/h11-14H,6-10H2,1-5H3,(H,17,19). The Morgan fingerprint density at radius 2 is 1.90 bits per heavy atom. The summed E-state index contributed by atoms with van der Waals surface area (Å²) in [5, 5.41) is 2.93. The quantitative estimate of drug-likeness (QED) is 0.701. The molecule has 1 fully saturated rings. The van der Waals surface area contributed by atoms with Gasteiger partial charge in [-0.1, -0.05) is 34.1 Å². The highest BCUT2D eigenvalue weighted by Gasteiger charge is 2.43. The van der Waals surface area contributed by atoms with Crippen molar-refractivity contribution in [2.75, 3.05) is 11.5 Å². The molecule has 122 valence electrons. The van der Waals surface area contributed by atoms with E-state index in [-0.39, 0.29) is 35.9 Å². The molecule has 1 heterocycles. The lowest BCUT2D eigenvalue weighted by molar-refractivity contribution is -0.153. The molecule has 2 amide bonds. The minimum absolute atomic E-state index is 0.0115. The summed E-state index contributed by atoms with van der Waals surface area (Å²) in [4.78, 5) is 27.0. The van der Waals surface area contributed by atoms with Crippen LogP contribution in [0.25, 0.3) is 0 Å². The Morgan fingerprint density at radius 3 is 2.43 bits per heavy atom. The highest BCUT2D eigenvalue weighted by atomic mass is 32.2. The summed E-state index contributed by atoms with van der Waals surface area (Å²) in [6, 6.07) is -0.537. The van der Waals surface area contributed by atoms with E-state index in [0.29, 0.717) is 6.42 Å². The van der Waals surface area contributed by atoms with E-state index in [0.717, 1.165) is 24.3 Å². The predicted octanol–water partition coefficient (Wildman–Crippen LogP) is 2.67. The molecule has 1 aliphatic rings. The monoisotopic (exact) mass is 314 g/mol. The Labute approximate surface area is 133 Å². The molecule has 4 nitrogen and oxygen atoms in total. The molecule has 0 aromatic rings. The van der Waals surface area contributed by atoms with Crippen LogP contribution in [0.2, 0.25) is 0 Å². The Morgan fingerprint density at radius 1 is 1.24 bits per heavy atom. The second-order valence-electron chi connectivity index (χ2n) is 5.88. The van der Waals surface area contributed by atoms with Gasteiger partial charge >= 0.3 is 0 Å². The van der Waals surface area contributed by atoms with Crippen molar-refractivity contribution >= 4 is 23.6 Å². The van der Waals surface area contributed by atoms with Crippen molar-refractivity contribution in [1.82, 2.24) is 10.2 Å². The van der Waals surface area contributed by atoms with Crippen LogP contribution in [0.3, 0.4) is 0 Å². The number of carbonyl (C=O) groups is 2. The zero-order valence-corrected chi connectivity index (χ0v) is 14.8. The molecule has 1 rings (SSSR count). The van der Waals surface area contributed by atoms with Crippen LogP contribution in [-0.2, 0) is 9.59 Å². The molecule has 4 atom stereocenters. The largest absolute Gasteiger partial charge is 0.342 e. The van der Waals surface area contributed by atoms with E-state index >= 15 is 0 Å². The molecule has 0 aliphatic carbocycles. The Balaban J connectivity index is 2.87. The number of hydrogen-bond donors (Lipinski definition) is 1. The lowest BCUT2D eigenvalue weighted by atomic mass is 9.92. The number of rotatable bonds is 8. The SMILES string of the molecule is CCSCCC(C)N1C(=O)C(C(C)CC)NC(=O)C1CC. The number of nitrogens with zero attached hydrogens (tertiary/aromatic N) is 1. The first kappa shape index (κ1) is 18.3. The minimum atomic E-state index is -0.355. The lowest BCUT2D eigenvalue weighted by Gasteiger charge is -2.43. The van der Waals surface area contributed by atoms with Crippen LogP contribution >= 0.6 is 11.8 Å². The lowest BCUT2D eigenvalue weighted by Crippen LogP contribution is -2.66. The van der Waals surface area contributed by atoms with Crippen molar-refractivity contribution in [2.24, 2.45) is 5.92 Å². The molecule has 0 spiro atoms. The molecule has 1 N–H and O–H groups in total. The van der Waals surface area contributed by atoms with Gasteiger partial charge < -0.3 is 10.2 Å². The highest BCUT2D eigenvalue weighted by Crippen LogP contribution is 2.23. The average molecular weight is 314 g/mol. The molecule has 1 aliphatic heterocycles. The fraction of sp³-hybridized carbons (Fsp3) is 0.875. The summed E-state index contributed by atoms with van der Waals surface area (Å²) in [5.74, 6) is 2.42. The van der Waals surface area contributed by atoms with Crippen LogP contribution in [0.15, 0.2) is 0 Å². The predicted molar refractivity (Wildman–Crippen MR) is 89.4 cm³/mol. The van der Waals surface area contributed by atoms with Crippen molar-refractivity contribution in [2.45, 2.75) is 72.0 Å². The number of carbonyl (C=O) groups excluding carboxylic acids is 2. The summed E-state index contributed by atoms with van der Waals surface area (Å²) < 4.78 is 0. The second kappa shape index (κ2) is 8.66. The first-order valence-corrected chi connectivity index (χ1v) is 9.33. The van der Waals surface area contributed by atoms with Gasteiger partial charge in [0.1, 0.15) is 12.1 Å². The van der Waals surface area contributed by atoms with E-state index in [1.165, 1.54) is 0 Å². The van der Waals surface area contributed by atoms with Gasteiger partial charge in [-0.2, -0.15) is 11.8 Å². The van der Waals surface area contributed by atoms with Crippen molar-refractivity contribution in [1.29, 1.82) is 0 Å². The van der Waals surface area contributed by atoms with Gasteiger partial charge in [0.25, 0.3) is 0 Å². The van der Waals surface area contributed by atoms with E-state index in [1.807, 2.05) is 30.5 Å². The zero-order chi connectivity index (χ0) is 16.0. The van der Waals surface area contributed by atoms with E-state index in [2.05, 4.69) is 26.1 Å². The number of nitrogens with one attached hydrogen (secondary N) is 1. The van der Waals surface area contributed by atoms with Crippen LogP contribution in [0.4, 0.5) is 0 Å². The molecule has 0 aromatic heterocycles. The number of piperazine rings is 1. The molecular weight excluding hydrogens is 284 g/mol. The molecule has 0 bridgehead atoms. The van der Waals surface area contributed by atoms with E-state index in [1.54, 1.807) is 0 Å². The van der Waals surface area contributed by atoms with Crippen LogP contribution in [-0.4, -0.2) is 46.3 Å². The first-order chi connectivity index (χ1) is 9.97. The van der Waals surface area contributed by atoms with E-state index in [9.17, 15) is 9.59 Å². The van der Waals surface area contributed by atoms with Gasteiger partial charge in [-0.15, -0.1) is 0 Å². The Kier molecular flexibility index (Phi) is 7.57. The molecule has 0 aromatic carbocycles. The molecule has 0 radical (unpaired) electrons. The van der Waals surface area contributed by atoms with Crippen molar-refractivity contribution in [3.05, 3.63) is 0 Å². The fourth-order valence-electron chi connectivity index (χ4n) is 2.82. The summed E-state index contributed by atoms with van der Waals surface area (Å²) >= 11 is 1.88. The maximum Gasteiger partial charge on any atom is 0.246 e. The Bertz CT molecular complexity index is 362. The summed E-state index contributed by atoms with van der Waals surface area (Å²) in [6.07, 6.45) is 2.51. The average Bonchev–Trinajstić information content (AvgIpc) is 2.47. The van der Waals surface area contributed by atoms with Crippen LogP contribution in [0.1, 0.15) is 53.9 Å². The molecule has 1 saturated heterocycles. The molecule has 4 unspecified atom stereocenters. The normalized spacial score (nSPS) is 25.7. The van der Waals surface area contributed by atoms with Crippen LogP contribution in [0, 0.1) is 5.92 Å². The van der Waals surface area contributed by atoms with Gasteiger partial charge in [0.2, 0.25) is 11.8 Å². The second-order valence-corrected chi connectivity index (χ2v) is 7.27. The van der Waals surface area contributed by atoms with Crippen molar-refractivity contribution in [3.8, 4) is 0 Å². The zero-order valence-electron chi connectivity index (χ0n) is 14.0. The third kappa shape index (κ3) is 4.38. The van der Waals surface area contributed by atoms with Gasteiger partial charge in [-0.25, -0.2) is 0 Å². The molecule has 5 heteroatoms. The van der Waals surface area contributed by atoms with E-state index < -0.39 is 0 Å². The van der Waals surface area contributed by atoms with Gasteiger partial charge in [-0.3, -0.25) is 9.59 Å². The molecule has 0 saturated carbocycles. The van der Waals surface area contributed by atoms with Gasteiger partial charge in [-0.05, 0) is 37.2 Å². The molecular formula is C16H30N2O2S. The third-order valence-electron chi connectivity index (χ3n) is 4.42. The topological polar surface area (TPSA) is 49.4 Å². The van der Waals surface area contributed by atoms with Crippen molar-refractivity contribution in [3.63, 3.8) is 0 Å².